The van der Waals surface area contributed by atoms with Crippen LogP contribution in [0.5, 0.6) is 0 Å². The summed E-state index contributed by atoms with van der Waals surface area (Å²) in [5.74, 6) is 0.108. The Kier molecular flexibility index (Phi) is 5.39. The molecular formula is C18H27N3O2. The lowest BCUT2D eigenvalue weighted by Crippen LogP contribution is -2.47. The predicted molar refractivity (Wildman–Crippen MR) is 89.5 cm³/mol. The van der Waals surface area contributed by atoms with Crippen molar-refractivity contribution in [2.24, 2.45) is 5.41 Å². The van der Waals surface area contributed by atoms with Crippen molar-refractivity contribution >= 4 is 11.8 Å². The number of likely N-dealkylation sites (tertiary alicyclic amines) is 1. The molecule has 0 aliphatic carbocycles. The van der Waals surface area contributed by atoms with Crippen molar-refractivity contribution in [2.75, 3.05) is 13.6 Å². The van der Waals surface area contributed by atoms with E-state index in [-0.39, 0.29) is 23.3 Å². The smallest absolute Gasteiger partial charge is 0.245 e. The van der Waals surface area contributed by atoms with Gasteiger partial charge in [0.1, 0.15) is 6.04 Å². The molecular weight excluding hydrogens is 290 g/mol. The van der Waals surface area contributed by atoms with Gasteiger partial charge in [0.2, 0.25) is 11.8 Å². The first-order valence-electron chi connectivity index (χ1n) is 8.21. The number of pyridine rings is 1. The second-order valence-electron chi connectivity index (χ2n) is 7.54. The van der Waals surface area contributed by atoms with Crippen LogP contribution in [0.1, 0.15) is 45.6 Å². The molecule has 2 amide bonds. The van der Waals surface area contributed by atoms with E-state index in [4.69, 9.17) is 0 Å². The highest BCUT2D eigenvalue weighted by Gasteiger charge is 2.36. The molecule has 0 N–H and O–H groups in total. The lowest BCUT2D eigenvalue weighted by Gasteiger charge is -2.30. The van der Waals surface area contributed by atoms with Crippen LogP contribution in [0.15, 0.2) is 24.5 Å². The average Bonchev–Trinajstić information content (AvgIpc) is 2.95. The Balaban J connectivity index is 2.01. The third-order valence-corrected chi connectivity index (χ3v) is 4.06. The Hall–Kier alpha value is -1.91. The summed E-state index contributed by atoms with van der Waals surface area (Å²) < 4.78 is 0. The van der Waals surface area contributed by atoms with Gasteiger partial charge in [-0.3, -0.25) is 14.6 Å². The number of hydrogen-bond acceptors (Lipinski definition) is 3. The third kappa shape index (κ3) is 4.78. The average molecular weight is 317 g/mol. The van der Waals surface area contributed by atoms with Crippen LogP contribution in [0.2, 0.25) is 0 Å². The van der Waals surface area contributed by atoms with E-state index in [1.165, 1.54) is 0 Å². The second-order valence-corrected chi connectivity index (χ2v) is 7.54. The van der Waals surface area contributed by atoms with E-state index in [1.807, 2.05) is 32.9 Å². The summed E-state index contributed by atoms with van der Waals surface area (Å²) in [4.78, 5) is 32.8. The zero-order valence-corrected chi connectivity index (χ0v) is 14.6. The van der Waals surface area contributed by atoms with Crippen LogP contribution in [0.4, 0.5) is 0 Å². The zero-order valence-electron chi connectivity index (χ0n) is 14.6. The largest absolute Gasteiger partial charge is 0.340 e. The lowest BCUT2D eigenvalue weighted by molar-refractivity contribution is -0.144. The molecule has 1 aromatic heterocycles. The highest BCUT2D eigenvalue weighted by atomic mass is 16.2. The number of carbonyl (C=O) groups excluding carboxylic acids is 2. The predicted octanol–water partition coefficient (Wildman–Crippen LogP) is 2.47. The van der Waals surface area contributed by atoms with E-state index < -0.39 is 0 Å². The van der Waals surface area contributed by atoms with Crippen LogP contribution in [0, 0.1) is 5.41 Å². The van der Waals surface area contributed by atoms with Crippen molar-refractivity contribution < 1.29 is 9.59 Å². The summed E-state index contributed by atoms with van der Waals surface area (Å²) in [6.45, 7) is 7.35. The Bertz CT molecular complexity index is 551. The first-order chi connectivity index (χ1) is 10.8. The molecule has 1 atom stereocenters. The van der Waals surface area contributed by atoms with Crippen molar-refractivity contribution in [2.45, 2.75) is 52.6 Å². The van der Waals surface area contributed by atoms with Crippen LogP contribution < -0.4 is 0 Å². The Labute approximate surface area is 138 Å². The molecule has 0 aromatic carbocycles. The zero-order chi connectivity index (χ0) is 17.0. The monoisotopic (exact) mass is 317 g/mol. The fourth-order valence-corrected chi connectivity index (χ4v) is 2.98. The maximum Gasteiger partial charge on any atom is 0.245 e. The fraction of sp³-hybridized carbons (Fsp3) is 0.611. The Morgan fingerprint density at radius 1 is 1.39 bits per heavy atom. The van der Waals surface area contributed by atoms with Gasteiger partial charge in [0.05, 0.1) is 0 Å². The van der Waals surface area contributed by atoms with E-state index >= 15 is 0 Å². The highest BCUT2D eigenvalue weighted by Crippen LogP contribution is 2.25. The summed E-state index contributed by atoms with van der Waals surface area (Å²) in [7, 11) is 1.79. The van der Waals surface area contributed by atoms with Gasteiger partial charge in [-0.2, -0.15) is 0 Å². The molecule has 1 aromatic rings. The van der Waals surface area contributed by atoms with Crippen molar-refractivity contribution in [3.63, 3.8) is 0 Å². The van der Waals surface area contributed by atoms with E-state index in [0.717, 1.165) is 18.4 Å². The van der Waals surface area contributed by atoms with Gasteiger partial charge >= 0.3 is 0 Å². The molecule has 2 rings (SSSR count). The van der Waals surface area contributed by atoms with Crippen LogP contribution in [-0.4, -0.2) is 46.2 Å². The number of nitrogens with zero attached hydrogens (tertiary/aromatic N) is 3. The van der Waals surface area contributed by atoms with Crippen LogP contribution in [0.25, 0.3) is 0 Å². The summed E-state index contributed by atoms with van der Waals surface area (Å²) >= 11 is 0. The number of likely N-dealkylation sites (N-methyl/N-ethyl adjacent to an activating group) is 1. The van der Waals surface area contributed by atoms with Crippen LogP contribution in [-0.2, 0) is 16.1 Å². The molecule has 0 radical (unpaired) electrons. The van der Waals surface area contributed by atoms with Crippen LogP contribution >= 0.6 is 0 Å². The minimum atomic E-state index is -0.313. The van der Waals surface area contributed by atoms with Gasteiger partial charge in [-0.05, 0) is 29.9 Å². The molecule has 5 heteroatoms. The molecule has 5 nitrogen and oxygen atoms in total. The minimum Gasteiger partial charge on any atom is -0.340 e. The van der Waals surface area contributed by atoms with Gasteiger partial charge in [0.25, 0.3) is 0 Å². The molecule has 1 aliphatic rings. The molecule has 0 bridgehead atoms. The molecule has 2 heterocycles. The summed E-state index contributed by atoms with van der Waals surface area (Å²) in [5, 5.41) is 0. The number of carbonyl (C=O) groups is 2. The topological polar surface area (TPSA) is 53.5 Å². The van der Waals surface area contributed by atoms with Crippen molar-refractivity contribution in [1.29, 1.82) is 0 Å². The number of aromatic nitrogens is 1. The highest BCUT2D eigenvalue weighted by molar-refractivity contribution is 5.88. The van der Waals surface area contributed by atoms with E-state index in [9.17, 15) is 9.59 Å². The Morgan fingerprint density at radius 3 is 2.74 bits per heavy atom. The maximum atomic E-state index is 12.7. The first kappa shape index (κ1) is 17.4. The number of rotatable bonds is 4. The van der Waals surface area contributed by atoms with Gasteiger partial charge in [-0.15, -0.1) is 0 Å². The minimum absolute atomic E-state index is 0.0219. The van der Waals surface area contributed by atoms with Gasteiger partial charge in [0.15, 0.2) is 0 Å². The molecule has 1 fully saturated rings. The quantitative estimate of drug-likeness (QED) is 0.857. The SMILES string of the molecule is CN(Cc1cccnc1)C(=O)C1CCCN1C(=O)CC(C)(C)C. The standard InChI is InChI=1S/C18H27N3O2/c1-18(2,3)11-16(22)21-10-6-8-15(21)17(23)20(4)13-14-7-5-9-19-12-14/h5,7,9,12,15H,6,8,10-11,13H2,1-4H3. The second kappa shape index (κ2) is 7.11. The fourth-order valence-electron chi connectivity index (χ4n) is 2.98. The molecule has 1 unspecified atom stereocenters. The van der Waals surface area contributed by atoms with E-state index in [0.29, 0.717) is 19.5 Å². The van der Waals surface area contributed by atoms with E-state index in [2.05, 4.69) is 4.98 Å². The summed E-state index contributed by atoms with van der Waals surface area (Å²) in [5.41, 5.74) is 0.934. The lowest BCUT2D eigenvalue weighted by atomic mass is 9.91. The summed E-state index contributed by atoms with van der Waals surface area (Å²) in [6.07, 6.45) is 5.61. The molecule has 1 saturated heterocycles. The van der Waals surface area contributed by atoms with Gasteiger partial charge in [-0.25, -0.2) is 0 Å². The number of hydrogen-bond donors (Lipinski definition) is 0. The Morgan fingerprint density at radius 2 is 2.13 bits per heavy atom. The third-order valence-electron chi connectivity index (χ3n) is 4.06. The molecule has 126 valence electrons. The van der Waals surface area contributed by atoms with Crippen LogP contribution in [0.3, 0.4) is 0 Å². The van der Waals surface area contributed by atoms with Crippen molar-refractivity contribution in [1.82, 2.24) is 14.8 Å². The first-order valence-corrected chi connectivity index (χ1v) is 8.21. The molecule has 0 spiro atoms. The molecule has 1 aliphatic heterocycles. The summed E-state index contributed by atoms with van der Waals surface area (Å²) in [6, 6.07) is 3.50. The molecule has 0 saturated carbocycles. The van der Waals surface area contributed by atoms with Gasteiger partial charge in [0, 0.05) is 39.0 Å². The maximum absolute atomic E-state index is 12.7. The van der Waals surface area contributed by atoms with E-state index in [1.54, 1.807) is 29.2 Å². The van der Waals surface area contributed by atoms with Crippen molar-refractivity contribution in [3.05, 3.63) is 30.1 Å². The molecule has 23 heavy (non-hydrogen) atoms. The van der Waals surface area contributed by atoms with Crippen molar-refractivity contribution in [3.8, 4) is 0 Å². The van der Waals surface area contributed by atoms with Gasteiger partial charge in [-0.1, -0.05) is 26.8 Å². The number of amides is 2. The van der Waals surface area contributed by atoms with Gasteiger partial charge < -0.3 is 9.80 Å². The normalized spacial score (nSPS) is 18.1.